The topological polar surface area (TPSA) is 145 Å². The van der Waals surface area contributed by atoms with E-state index in [0.29, 0.717) is 0 Å². The first kappa shape index (κ1) is 20.4. The Balaban J connectivity index is 0.000000257. The van der Waals surface area contributed by atoms with Gasteiger partial charge in [-0.1, -0.05) is 23.2 Å². The summed E-state index contributed by atoms with van der Waals surface area (Å²) in [5.41, 5.74) is 11.0. The molecular formula is C14H15Cl2N5O4. The van der Waals surface area contributed by atoms with Crippen LogP contribution in [0.15, 0.2) is 24.3 Å². The highest BCUT2D eigenvalue weighted by Crippen LogP contribution is 2.15. The van der Waals surface area contributed by atoms with E-state index in [4.69, 9.17) is 44.6 Å². The minimum atomic E-state index is -1.10. The molecule has 2 rings (SSSR count). The second-order valence-electron chi connectivity index (χ2n) is 4.42. The normalized spacial score (nSPS) is 9.76. The maximum atomic E-state index is 11.5. The van der Waals surface area contributed by atoms with Crippen molar-refractivity contribution in [2.75, 3.05) is 25.6 Å². The summed E-state index contributed by atoms with van der Waals surface area (Å²) in [6.07, 6.45) is 0. The first-order valence-electron chi connectivity index (χ1n) is 6.56. The van der Waals surface area contributed by atoms with Crippen molar-refractivity contribution in [1.82, 2.24) is 15.0 Å². The lowest BCUT2D eigenvalue weighted by Gasteiger charge is -2.14. The lowest BCUT2D eigenvalue weighted by atomic mass is 10.2. The van der Waals surface area contributed by atoms with Crippen molar-refractivity contribution in [1.29, 1.82) is 0 Å². The van der Waals surface area contributed by atoms with Crippen molar-refractivity contribution in [2.24, 2.45) is 0 Å². The third-order valence-electron chi connectivity index (χ3n) is 2.80. The van der Waals surface area contributed by atoms with E-state index >= 15 is 0 Å². The molecule has 0 aliphatic heterocycles. The van der Waals surface area contributed by atoms with E-state index in [-0.39, 0.29) is 39.0 Å². The number of nitrogens with two attached hydrogens (primary N) is 2. The van der Waals surface area contributed by atoms with Gasteiger partial charge in [-0.05, 0) is 24.3 Å². The Morgan fingerprint density at radius 1 is 1.04 bits per heavy atom. The number of anilines is 2. The number of amides is 1. The highest BCUT2D eigenvalue weighted by atomic mass is 35.5. The zero-order valence-electron chi connectivity index (χ0n) is 13.2. The smallest absolute Gasteiger partial charge is 0.339 e. The van der Waals surface area contributed by atoms with Gasteiger partial charge in [0.1, 0.15) is 27.5 Å². The van der Waals surface area contributed by atoms with E-state index in [1.165, 1.54) is 38.4 Å². The van der Waals surface area contributed by atoms with Crippen LogP contribution in [0.4, 0.5) is 11.6 Å². The van der Waals surface area contributed by atoms with Crippen LogP contribution in [0.5, 0.6) is 0 Å². The number of carbonyl (C=O) groups excluding carboxylic acids is 1. The van der Waals surface area contributed by atoms with E-state index in [1.54, 1.807) is 0 Å². The number of nitrogen functional groups attached to an aromatic ring is 2. The van der Waals surface area contributed by atoms with Crippen LogP contribution in [0.2, 0.25) is 10.3 Å². The summed E-state index contributed by atoms with van der Waals surface area (Å²) in [5.74, 6) is -1.45. The van der Waals surface area contributed by atoms with Gasteiger partial charge in [-0.3, -0.25) is 9.63 Å². The van der Waals surface area contributed by atoms with Crippen LogP contribution >= 0.6 is 23.2 Å². The zero-order chi connectivity index (χ0) is 19.1. The molecule has 0 aromatic carbocycles. The number of nitrogens with zero attached hydrogens (tertiary/aromatic N) is 3. The Morgan fingerprint density at radius 2 is 1.48 bits per heavy atom. The molecule has 0 atom stereocenters. The van der Waals surface area contributed by atoms with Crippen LogP contribution in [0, 0.1) is 0 Å². The molecule has 0 aliphatic carbocycles. The third-order valence-corrected chi connectivity index (χ3v) is 3.22. The summed E-state index contributed by atoms with van der Waals surface area (Å²) >= 11 is 11.0. The molecule has 2 heterocycles. The molecule has 0 fully saturated rings. The molecular weight excluding hydrogens is 373 g/mol. The Labute approximate surface area is 153 Å². The molecule has 0 spiro atoms. The summed E-state index contributed by atoms with van der Waals surface area (Å²) < 4.78 is 0. The van der Waals surface area contributed by atoms with Crippen LogP contribution in [0.25, 0.3) is 0 Å². The standard InChI is InChI=1S/C8H10ClN3O2.C6H5ClN2O2/c1-12(14-2)8(13)5-3-4-6(9)11-7(5)10;7-4-2-1-3(6(10)11)5(8)9-4/h3-4H,1-2H3,(H2,10,11);1-2H,(H2,8,9)(H,10,11). The summed E-state index contributed by atoms with van der Waals surface area (Å²) in [5, 5.41) is 9.99. The first-order valence-corrected chi connectivity index (χ1v) is 7.32. The Bertz CT molecular complexity index is 788. The van der Waals surface area contributed by atoms with Crippen LogP contribution < -0.4 is 11.5 Å². The Hall–Kier alpha value is -2.62. The minimum Gasteiger partial charge on any atom is -0.478 e. The van der Waals surface area contributed by atoms with Gasteiger partial charge >= 0.3 is 5.97 Å². The van der Waals surface area contributed by atoms with Gasteiger partial charge in [0.25, 0.3) is 5.91 Å². The maximum Gasteiger partial charge on any atom is 0.339 e. The number of carboxylic acids is 1. The van der Waals surface area contributed by atoms with Crippen LogP contribution in [0.3, 0.4) is 0 Å². The summed E-state index contributed by atoms with van der Waals surface area (Å²) in [4.78, 5) is 33.9. The van der Waals surface area contributed by atoms with Crippen LogP contribution in [-0.2, 0) is 4.84 Å². The highest BCUT2D eigenvalue weighted by molar-refractivity contribution is 6.30. The molecule has 9 nitrogen and oxygen atoms in total. The van der Waals surface area contributed by atoms with E-state index in [1.807, 2.05) is 0 Å². The number of halogens is 2. The van der Waals surface area contributed by atoms with Gasteiger partial charge < -0.3 is 16.6 Å². The fraction of sp³-hybridized carbons (Fsp3) is 0.143. The van der Waals surface area contributed by atoms with Crippen molar-refractivity contribution in [3.63, 3.8) is 0 Å². The fourth-order valence-corrected chi connectivity index (χ4v) is 1.82. The molecule has 0 unspecified atom stereocenters. The summed E-state index contributed by atoms with van der Waals surface area (Å²) in [6.45, 7) is 0. The third kappa shape index (κ3) is 5.75. The van der Waals surface area contributed by atoms with Crippen molar-refractivity contribution >= 4 is 46.7 Å². The van der Waals surface area contributed by atoms with Crippen molar-refractivity contribution in [3.8, 4) is 0 Å². The molecule has 2 aromatic heterocycles. The van der Waals surface area contributed by atoms with Crippen molar-refractivity contribution < 1.29 is 19.5 Å². The molecule has 0 saturated carbocycles. The molecule has 11 heteroatoms. The SMILES string of the molecule is CON(C)C(=O)c1ccc(Cl)nc1N.Nc1nc(Cl)ccc1C(=O)O. The van der Waals surface area contributed by atoms with E-state index in [2.05, 4.69) is 9.97 Å². The van der Waals surface area contributed by atoms with E-state index < -0.39 is 5.97 Å². The molecule has 0 radical (unpaired) electrons. The van der Waals surface area contributed by atoms with Crippen molar-refractivity contribution in [3.05, 3.63) is 45.7 Å². The van der Waals surface area contributed by atoms with Gasteiger partial charge in [0.2, 0.25) is 0 Å². The number of carboxylic acid groups (broad SMARTS) is 1. The number of pyridine rings is 2. The second-order valence-corrected chi connectivity index (χ2v) is 5.20. The van der Waals surface area contributed by atoms with Gasteiger partial charge in [-0.25, -0.2) is 19.8 Å². The molecule has 1 amide bonds. The Morgan fingerprint density at radius 3 is 1.84 bits per heavy atom. The largest absolute Gasteiger partial charge is 0.478 e. The van der Waals surface area contributed by atoms with Crippen LogP contribution in [0.1, 0.15) is 20.7 Å². The molecule has 134 valence electrons. The summed E-state index contributed by atoms with van der Waals surface area (Å²) in [6, 6.07) is 5.69. The minimum absolute atomic E-state index is 0.0330. The molecule has 0 bridgehead atoms. The average Bonchev–Trinajstić information content (AvgIpc) is 2.53. The second kappa shape index (κ2) is 9.02. The number of hydrogen-bond donors (Lipinski definition) is 3. The lowest BCUT2D eigenvalue weighted by Crippen LogP contribution is -2.26. The van der Waals surface area contributed by atoms with Gasteiger partial charge in [0.15, 0.2) is 0 Å². The lowest BCUT2D eigenvalue weighted by molar-refractivity contribution is -0.0756. The Kier molecular flexibility index (Phi) is 7.37. The van der Waals surface area contributed by atoms with Gasteiger partial charge in [-0.15, -0.1) is 0 Å². The predicted molar refractivity (Wildman–Crippen MR) is 93.4 cm³/mol. The molecule has 5 N–H and O–H groups in total. The number of aromatic carboxylic acids is 1. The number of aromatic nitrogens is 2. The van der Waals surface area contributed by atoms with Gasteiger partial charge in [0.05, 0.1) is 12.7 Å². The average molecular weight is 388 g/mol. The summed E-state index contributed by atoms with van der Waals surface area (Å²) in [7, 11) is 2.87. The molecule has 25 heavy (non-hydrogen) atoms. The number of rotatable bonds is 3. The fourth-order valence-electron chi connectivity index (χ4n) is 1.51. The van der Waals surface area contributed by atoms with Gasteiger partial charge in [0, 0.05) is 7.05 Å². The molecule has 0 aliphatic rings. The van der Waals surface area contributed by atoms with Gasteiger partial charge in [-0.2, -0.15) is 0 Å². The molecule has 0 saturated heterocycles. The quantitative estimate of drug-likeness (QED) is 0.535. The zero-order valence-corrected chi connectivity index (χ0v) is 14.7. The van der Waals surface area contributed by atoms with E-state index in [9.17, 15) is 9.59 Å². The first-order chi connectivity index (χ1) is 11.7. The monoisotopic (exact) mass is 387 g/mol. The highest BCUT2D eigenvalue weighted by Gasteiger charge is 2.15. The number of carbonyl (C=O) groups is 2. The number of hydroxylamine groups is 2. The predicted octanol–water partition coefficient (Wildman–Crippen LogP) is 1.97. The molecule has 2 aromatic rings. The number of hydrogen-bond acceptors (Lipinski definition) is 7. The van der Waals surface area contributed by atoms with Crippen molar-refractivity contribution in [2.45, 2.75) is 0 Å². The van der Waals surface area contributed by atoms with E-state index in [0.717, 1.165) is 5.06 Å². The maximum absolute atomic E-state index is 11.5. The van der Waals surface area contributed by atoms with Crippen LogP contribution in [-0.4, -0.2) is 46.2 Å².